The number of rotatable bonds is 3. The summed E-state index contributed by atoms with van der Waals surface area (Å²) in [5.74, 6) is -2.18. The summed E-state index contributed by atoms with van der Waals surface area (Å²) in [6.45, 7) is 6.78. The van der Waals surface area contributed by atoms with Crippen LogP contribution in [0.25, 0.3) is 6.08 Å². The third-order valence-electron chi connectivity index (χ3n) is 2.81. The van der Waals surface area contributed by atoms with Gasteiger partial charge >= 0.3 is 11.9 Å². The van der Waals surface area contributed by atoms with Crippen LogP contribution in [0.4, 0.5) is 0 Å². The van der Waals surface area contributed by atoms with Crippen LogP contribution in [0.3, 0.4) is 0 Å². The first-order valence-corrected chi connectivity index (χ1v) is 8.52. The van der Waals surface area contributed by atoms with Crippen molar-refractivity contribution >= 4 is 49.9 Å². The molecule has 0 atom stereocenters. The molecule has 1 fully saturated rings. The van der Waals surface area contributed by atoms with Gasteiger partial charge in [-0.05, 0) is 48.0 Å². The molecule has 0 radical (unpaired) electrons. The normalized spacial score (nSPS) is 16.9. The summed E-state index contributed by atoms with van der Waals surface area (Å²) in [5.41, 5.74) is 0.381. The predicted octanol–water partition coefficient (Wildman–Crippen LogP) is 4.22. The number of benzene rings is 1. The predicted molar refractivity (Wildman–Crippen MR) is 91.8 cm³/mol. The lowest BCUT2D eigenvalue weighted by Crippen LogP contribution is -2.41. The van der Waals surface area contributed by atoms with Crippen molar-refractivity contribution in [2.24, 2.45) is 0 Å². The van der Waals surface area contributed by atoms with Gasteiger partial charge in [-0.1, -0.05) is 15.9 Å². The summed E-state index contributed by atoms with van der Waals surface area (Å²) >= 11 is 6.80. The van der Waals surface area contributed by atoms with E-state index in [-0.39, 0.29) is 11.7 Å². The van der Waals surface area contributed by atoms with E-state index in [1.165, 1.54) is 19.9 Å². The number of hydrogen-bond acceptors (Lipinski definition) is 5. The summed E-state index contributed by atoms with van der Waals surface area (Å²) in [6, 6.07) is 3.57. The highest BCUT2D eigenvalue weighted by Gasteiger charge is 2.39. The van der Waals surface area contributed by atoms with Crippen molar-refractivity contribution in [3.63, 3.8) is 0 Å². The molecule has 1 aliphatic heterocycles. The molecular weight excluding hydrogens is 432 g/mol. The second-order valence-electron chi connectivity index (χ2n) is 5.71. The molecule has 1 saturated heterocycles. The molecule has 2 rings (SSSR count). The second kappa shape index (κ2) is 6.65. The largest absolute Gasteiger partial charge is 0.489 e. The third kappa shape index (κ3) is 4.35. The standard InChI is InChI=1S/C16H16Br2O5/c1-8(2)21-13-9(5-10(17)7-12(13)18)6-11-14(19)22-16(3,4)23-15(11)20/h5-8H,1-4H3. The molecule has 1 heterocycles. The quantitative estimate of drug-likeness (QED) is 0.394. The van der Waals surface area contributed by atoms with Crippen molar-refractivity contribution in [1.29, 1.82) is 0 Å². The minimum atomic E-state index is -1.26. The van der Waals surface area contributed by atoms with Gasteiger partial charge in [-0.2, -0.15) is 0 Å². The molecule has 5 nitrogen and oxygen atoms in total. The van der Waals surface area contributed by atoms with Crippen LogP contribution in [-0.2, 0) is 19.1 Å². The van der Waals surface area contributed by atoms with Gasteiger partial charge in [0.05, 0.1) is 10.6 Å². The Morgan fingerprint density at radius 2 is 1.70 bits per heavy atom. The Hall–Kier alpha value is -1.34. The summed E-state index contributed by atoms with van der Waals surface area (Å²) in [4.78, 5) is 24.1. The van der Waals surface area contributed by atoms with E-state index >= 15 is 0 Å². The van der Waals surface area contributed by atoms with E-state index in [1.807, 2.05) is 19.9 Å². The number of halogens is 2. The summed E-state index contributed by atoms with van der Waals surface area (Å²) in [6.07, 6.45) is 1.33. The first kappa shape index (κ1) is 18.0. The van der Waals surface area contributed by atoms with Crippen LogP contribution in [0.2, 0.25) is 0 Å². The van der Waals surface area contributed by atoms with E-state index in [0.717, 1.165) is 4.47 Å². The number of cyclic esters (lactones) is 2. The van der Waals surface area contributed by atoms with Gasteiger partial charge in [0.1, 0.15) is 11.3 Å². The van der Waals surface area contributed by atoms with Crippen molar-refractivity contribution < 1.29 is 23.8 Å². The van der Waals surface area contributed by atoms with Gasteiger partial charge in [0.25, 0.3) is 5.79 Å². The maximum atomic E-state index is 12.1. The smallest absolute Gasteiger partial charge is 0.348 e. The first-order chi connectivity index (χ1) is 10.6. The zero-order valence-corrected chi connectivity index (χ0v) is 16.3. The molecule has 0 bridgehead atoms. The Balaban J connectivity index is 2.50. The van der Waals surface area contributed by atoms with E-state index in [9.17, 15) is 9.59 Å². The Bertz CT molecular complexity index is 670. The maximum Gasteiger partial charge on any atom is 0.348 e. The van der Waals surface area contributed by atoms with Crippen molar-refractivity contribution in [2.45, 2.75) is 39.6 Å². The van der Waals surface area contributed by atoms with Gasteiger partial charge in [-0.15, -0.1) is 0 Å². The first-order valence-electron chi connectivity index (χ1n) is 6.93. The molecule has 1 aromatic carbocycles. The molecule has 124 valence electrons. The van der Waals surface area contributed by atoms with E-state index < -0.39 is 17.7 Å². The molecule has 0 unspecified atom stereocenters. The molecular formula is C16H16Br2O5. The van der Waals surface area contributed by atoms with Crippen molar-refractivity contribution in [1.82, 2.24) is 0 Å². The van der Waals surface area contributed by atoms with E-state index in [4.69, 9.17) is 14.2 Å². The van der Waals surface area contributed by atoms with Gasteiger partial charge in [0.2, 0.25) is 0 Å². The lowest BCUT2D eigenvalue weighted by atomic mass is 10.1. The molecule has 1 aromatic rings. The minimum Gasteiger partial charge on any atom is -0.489 e. The van der Waals surface area contributed by atoms with Crippen LogP contribution in [-0.4, -0.2) is 23.8 Å². The fourth-order valence-electron chi connectivity index (χ4n) is 1.98. The maximum absolute atomic E-state index is 12.1. The highest BCUT2D eigenvalue weighted by molar-refractivity contribution is 9.11. The molecule has 0 amide bonds. The lowest BCUT2D eigenvalue weighted by molar-refractivity contribution is -0.222. The highest BCUT2D eigenvalue weighted by atomic mass is 79.9. The number of carbonyl (C=O) groups excluding carboxylic acids is 2. The molecule has 0 aromatic heterocycles. The summed E-state index contributed by atoms with van der Waals surface area (Å²) in [7, 11) is 0. The van der Waals surface area contributed by atoms with Gasteiger partial charge in [0.15, 0.2) is 0 Å². The van der Waals surface area contributed by atoms with Crippen LogP contribution >= 0.6 is 31.9 Å². The van der Waals surface area contributed by atoms with Crippen LogP contribution in [0.1, 0.15) is 33.3 Å². The van der Waals surface area contributed by atoms with Crippen molar-refractivity contribution in [3.05, 3.63) is 32.2 Å². The minimum absolute atomic E-state index is 0.0752. The third-order valence-corrected chi connectivity index (χ3v) is 3.85. The van der Waals surface area contributed by atoms with E-state index in [0.29, 0.717) is 15.8 Å². The molecule has 23 heavy (non-hydrogen) atoms. The number of ether oxygens (including phenoxy) is 3. The van der Waals surface area contributed by atoms with Crippen molar-refractivity contribution in [2.75, 3.05) is 0 Å². The lowest BCUT2D eigenvalue weighted by Gasteiger charge is -2.29. The van der Waals surface area contributed by atoms with Crippen LogP contribution in [0.5, 0.6) is 5.75 Å². The Labute approximate surface area is 151 Å². The average Bonchev–Trinajstić information content (AvgIpc) is 2.36. The SMILES string of the molecule is CC(C)Oc1c(Br)cc(Br)cc1C=C1C(=O)OC(C)(C)OC1=O. The van der Waals surface area contributed by atoms with E-state index in [2.05, 4.69) is 31.9 Å². The fraction of sp³-hybridized carbons (Fsp3) is 0.375. The second-order valence-corrected chi connectivity index (χ2v) is 7.48. The van der Waals surface area contributed by atoms with Gasteiger partial charge in [0, 0.05) is 23.9 Å². The molecule has 1 aliphatic rings. The summed E-state index contributed by atoms with van der Waals surface area (Å²) < 4.78 is 17.4. The van der Waals surface area contributed by atoms with Crippen LogP contribution < -0.4 is 4.74 Å². The fourth-order valence-corrected chi connectivity index (χ4v) is 3.33. The van der Waals surface area contributed by atoms with E-state index in [1.54, 1.807) is 6.07 Å². The Morgan fingerprint density at radius 1 is 1.13 bits per heavy atom. The monoisotopic (exact) mass is 446 g/mol. The van der Waals surface area contributed by atoms with Gasteiger partial charge in [-0.3, -0.25) is 0 Å². The average molecular weight is 448 g/mol. The van der Waals surface area contributed by atoms with Crippen molar-refractivity contribution in [3.8, 4) is 5.75 Å². The molecule has 0 saturated carbocycles. The van der Waals surface area contributed by atoms with Crippen LogP contribution in [0, 0.1) is 0 Å². The zero-order valence-electron chi connectivity index (χ0n) is 13.1. The molecule has 0 spiro atoms. The summed E-state index contributed by atoms with van der Waals surface area (Å²) in [5, 5.41) is 0. The number of hydrogen-bond donors (Lipinski definition) is 0. The zero-order chi connectivity index (χ0) is 17.4. The molecule has 0 N–H and O–H groups in total. The Kier molecular flexibility index (Phi) is 5.20. The molecule has 0 aliphatic carbocycles. The Morgan fingerprint density at radius 3 is 2.22 bits per heavy atom. The molecule has 7 heteroatoms. The topological polar surface area (TPSA) is 61.8 Å². The van der Waals surface area contributed by atoms with Gasteiger partial charge in [-0.25, -0.2) is 9.59 Å². The van der Waals surface area contributed by atoms with Crippen LogP contribution in [0.15, 0.2) is 26.7 Å². The highest BCUT2D eigenvalue weighted by Crippen LogP contribution is 2.36. The number of esters is 2. The van der Waals surface area contributed by atoms with Gasteiger partial charge < -0.3 is 14.2 Å². The number of carbonyl (C=O) groups is 2.